The van der Waals surface area contributed by atoms with Crippen molar-refractivity contribution in [2.45, 2.75) is 32.9 Å². The molecule has 1 aliphatic heterocycles. The highest BCUT2D eigenvalue weighted by molar-refractivity contribution is 5.48. The number of rotatable bonds is 4. The van der Waals surface area contributed by atoms with Crippen molar-refractivity contribution in [1.82, 2.24) is 15.2 Å². The van der Waals surface area contributed by atoms with Gasteiger partial charge in [0.25, 0.3) is 0 Å². The smallest absolute Gasteiger partial charge is 0.141 e. The molecule has 0 radical (unpaired) electrons. The lowest BCUT2D eigenvalue weighted by molar-refractivity contribution is 0.337. The first-order valence-corrected chi connectivity index (χ1v) is 7.42. The molecule has 0 spiro atoms. The largest absolute Gasteiger partial charge is 0.352 e. The molecule has 0 aromatic carbocycles. The fourth-order valence-electron chi connectivity index (χ4n) is 2.81. The van der Waals surface area contributed by atoms with Gasteiger partial charge in [-0.15, -0.1) is 0 Å². The average molecular weight is 280 g/mol. The highest BCUT2D eigenvalue weighted by Crippen LogP contribution is 2.23. The van der Waals surface area contributed by atoms with Crippen molar-refractivity contribution < 1.29 is 4.39 Å². The summed E-state index contributed by atoms with van der Waals surface area (Å²) >= 11 is 0. The van der Waals surface area contributed by atoms with Crippen LogP contribution in [0.5, 0.6) is 0 Å². The zero-order valence-corrected chi connectivity index (χ0v) is 12.7. The minimum absolute atomic E-state index is 0.263. The Morgan fingerprint density at radius 1 is 1.45 bits per heavy atom. The van der Waals surface area contributed by atoms with Gasteiger partial charge in [-0.05, 0) is 39.5 Å². The molecule has 20 heavy (non-hydrogen) atoms. The number of pyridine rings is 1. The minimum Gasteiger partial charge on any atom is -0.352 e. The molecule has 1 N–H and O–H groups in total. The van der Waals surface area contributed by atoms with Crippen LogP contribution in [0, 0.1) is 5.82 Å². The van der Waals surface area contributed by atoms with Gasteiger partial charge in [-0.3, -0.25) is 0 Å². The van der Waals surface area contributed by atoms with Crippen molar-refractivity contribution >= 4 is 5.82 Å². The Morgan fingerprint density at radius 2 is 2.25 bits per heavy atom. The molecule has 1 aromatic rings. The van der Waals surface area contributed by atoms with Crippen LogP contribution in [-0.2, 0) is 6.54 Å². The second kappa shape index (κ2) is 6.99. The number of nitrogens with zero attached hydrogens (tertiary/aromatic N) is 3. The predicted molar refractivity (Wildman–Crippen MR) is 80.5 cm³/mol. The Morgan fingerprint density at radius 3 is 3.00 bits per heavy atom. The Bertz CT molecular complexity index is 438. The van der Waals surface area contributed by atoms with Crippen LogP contribution < -0.4 is 10.2 Å². The topological polar surface area (TPSA) is 31.4 Å². The zero-order chi connectivity index (χ0) is 14.5. The molecule has 2 rings (SSSR count). The second-order valence-corrected chi connectivity index (χ2v) is 5.57. The van der Waals surface area contributed by atoms with Gasteiger partial charge in [0, 0.05) is 31.2 Å². The van der Waals surface area contributed by atoms with Crippen LogP contribution in [0.4, 0.5) is 10.2 Å². The standard InChI is InChI=1S/C15H25FN4/c1-4-17-9-13-8-14(16)10-18-15(13)20-7-5-6-19(3)11-12(20)2/h8,10,12,17H,4-7,9,11H2,1-3H3. The van der Waals surface area contributed by atoms with Crippen LogP contribution >= 0.6 is 0 Å². The molecule has 1 unspecified atom stereocenters. The van der Waals surface area contributed by atoms with Crippen molar-refractivity contribution in [3.63, 3.8) is 0 Å². The number of anilines is 1. The number of likely N-dealkylation sites (N-methyl/N-ethyl adjacent to an activating group) is 1. The minimum atomic E-state index is -0.263. The Balaban J connectivity index is 2.25. The molecule has 0 aliphatic carbocycles. The van der Waals surface area contributed by atoms with Crippen molar-refractivity contribution in [2.24, 2.45) is 0 Å². The molecule has 1 aliphatic rings. The van der Waals surface area contributed by atoms with Gasteiger partial charge < -0.3 is 15.1 Å². The lowest BCUT2D eigenvalue weighted by atomic mass is 10.2. The van der Waals surface area contributed by atoms with Gasteiger partial charge >= 0.3 is 0 Å². The molecule has 1 fully saturated rings. The highest BCUT2D eigenvalue weighted by Gasteiger charge is 2.23. The van der Waals surface area contributed by atoms with Gasteiger partial charge in [0.05, 0.1) is 6.20 Å². The van der Waals surface area contributed by atoms with Gasteiger partial charge in [-0.2, -0.15) is 0 Å². The van der Waals surface area contributed by atoms with E-state index in [4.69, 9.17) is 0 Å². The van der Waals surface area contributed by atoms with Crippen molar-refractivity contribution in [1.29, 1.82) is 0 Å². The molecule has 112 valence electrons. The van der Waals surface area contributed by atoms with Crippen molar-refractivity contribution in [2.75, 3.05) is 38.1 Å². The maximum Gasteiger partial charge on any atom is 0.141 e. The van der Waals surface area contributed by atoms with Crippen LogP contribution in [0.25, 0.3) is 0 Å². The fraction of sp³-hybridized carbons (Fsp3) is 0.667. The van der Waals surface area contributed by atoms with Crippen molar-refractivity contribution in [3.05, 3.63) is 23.6 Å². The van der Waals surface area contributed by atoms with Crippen LogP contribution in [0.3, 0.4) is 0 Å². The first-order valence-electron chi connectivity index (χ1n) is 7.42. The third-order valence-electron chi connectivity index (χ3n) is 3.79. The molecular weight excluding hydrogens is 255 g/mol. The van der Waals surface area contributed by atoms with E-state index < -0.39 is 0 Å². The number of hydrogen-bond donors (Lipinski definition) is 1. The van der Waals surface area contributed by atoms with E-state index in [-0.39, 0.29) is 5.82 Å². The number of hydrogen-bond acceptors (Lipinski definition) is 4. The molecule has 1 aromatic heterocycles. The Hall–Kier alpha value is -1.20. The highest BCUT2D eigenvalue weighted by atomic mass is 19.1. The van der Waals surface area contributed by atoms with Crippen LogP contribution in [0.2, 0.25) is 0 Å². The zero-order valence-electron chi connectivity index (χ0n) is 12.7. The summed E-state index contributed by atoms with van der Waals surface area (Å²) in [6.45, 7) is 8.89. The number of halogens is 1. The summed E-state index contributed by atoms with van der Waals surface area (Å²) in [5.41, 5.74) is 0.947. The molecule has 4 nitrogen and oxygen atoms in total. The molecule has 1 atom stereocenters. The van der Waals surface area contributed by atoms with E-state index in [1.807, 2.05) is 0 Å². The molecule has 0 amide bonds. The average Bonchev–Trinajstić information content (AvgIpc) is 2.57. The number of aromatic nitrogens is 1. The van der Waals surface area contributed by atoms with E-state index in [1.165, 1.54) is 6.20 Å². The third kappa shape index (κ3) is 3.67. The second-order valence-electron chi connectivity index (χ2n) is 5.57. The van der Waals surface area contributed by atoms with E-state index in [0.29, 0.717) is 12.6 Å². The first-order chi connectivity index (χ1) is 9.61. The summed E-state index contributed by atoms with van der Waals surface area (Å²) in [5, 5.41) is 3.27. The van der Waals surface area contributed by atoms with E-state index in [1.54, 1.807) is 6.07 Å². The fourth-order valence-corrected chi connectivity index (χ4v) is 2.81. The van der Waals surface area contributed by atoms with E-state index in [2.05, 4.69) is 41.0 Å². The normalized spacial score (nSPS) is 21.0. The lowest BCUT2D eigenvalue weighted by Crippen LogP contribution is -2.39. The van der Waals surface area contributed by atoms with Crippen LogP contribution in [0.15, 0.2) is 12.3 Å². The molecule has 0 bridgehead atoms. The summed E-state index contributed by atoms with van der Waals surface area (Å²) in [7, 11) is 2.15. The first kappa shape index (κ1) is 15.2. The van der Waals surface area contributed by atoms with E-state index in [9.17, 15) is 4.39 Å². The number of nitrogens with one attached hydrogen (secondary N) is 1. The SMILES string of the molecule is CCNCc1cc(F)cnc1N1CCCN(C)CC1C. The van der Waals surface area contributed by atoms with Gasteiger partial charge in [-0.25, -0.2) is 9.37 Å². The maximum atomic E-state index is 13.5. The lowest BCUT2D eigenvalue weighted by Gasteiger charge is -2.30. The quantitative estimate of drug-likeness (QED) is 0.912. The summed E-state index contributed by atoms with van der Waals surface area (Å²) in [6, 6.07) is 1.99. The summed E-state index contributed by atoms with van der Waals surface area (Å²) in [5.74, 6) is 0.663. The van der Waals surface area contributed by atoms with Crippen LogP contribution in [-0.4, -0.2) is 49.2 Å². The van der Waals surface area contributed by atoms with Gasteiger partial charge in [0.2, 0.25) is 0 Å². The van der Waals surface area contributed by atoms with Gasteiger partial charge in [0.15, 0.2) is 0 Å². The van der Waals surface area contributed by atoms with E-state index >= 15 is 0 Å². The molecule has 2 heterocycles. The monoisotopic (exact) mass is 280 g/mol. The Kier molecular flexibility index (Phi) is 5.31. The van der Waals surface area contributed by atoms with Gasteiger partial charge in [0.1, 0.15) is 11.6 Å². The van der Waals surface area contributed by atoms with E-state index in [0.717, 1.165) is 44.0 Å². The molecule has 1 saturated heterocycles. The maximum absolute atomic E-state index is 13.5. The van der Waals surface area contributed by atoms with Crippen LogP contribution in [0.1, 0.15) is 25.8 Å². The Labute approximate surface area is 121 Å². The van der Waals surface area contributed by atoms with Gasteiger partial charge in [-0.1, -0.05) is 6.92 Å². The summed E-state index contributed by atoms with van der Waals surface area (Å²) in [4.78, 5) is 9.02. The summed E-state index contributed by atoms with van der Waals surface area (Å²) < 4.78 is 13.5. The molecular formula is C15H25FN4. The predicted octanol–water partition coefficient (Wildman–Crippen LogP) is 1.86. The molecule has 5 heteroatoms. The van der Waals surface area contributed by atoms with Crippen molar-refractivity contribution in [3.8, 4) is 0 Å². The molecule has 0 saturated carbocycles. The summed E-state index contributed by atoms with van der Waals surface area (Å²) in [6.07, 6.45) is 2.44. The third-order valence-corrected chi connectivity index (χ3v) is 3.79.